The number of rotatable bonds is 12. The summed E-state index contributed by atoms with van der Waals surface area (Å²) in [6.07, 6.45) is -15.5. The van der Waals surface area contributed by atoms with Crippen LogP contribution in [0.4, 0.5) is 0 Å². The Labute approximate surface area is 243 Å². The highest BCUT2D eigenvalue weighted by molar-refractivity contribution is 5.80. The van der Waals surface area contributed by atoms with E-state index in [0.29, 0.717) is 0 Å². The Morgan fingerprint density at radius 2 is 1.57 bits per heavy atom. The van der Waals surface area contributed by atoms with Crippen LogP contribution in [0, 0.1) is 0 Å². The summed E-state index contributed by atoms with van der Waals surface area (Å²) in [6.45, 7) is 0.829. The quantitative estimate of drug-likeness (QED) is 0.0973. The maximum atomic E-state index is 12.7. The van der Waals surface area contributed by atoms with Crippen molar-refractivity contribution in [2.75, 3.05) is 26.3 Å². The molecule has 0 aromatic carbocycles. The van der Waals surface area contributed by atoms with E-state index < -0.39 is 110 Å². The molecule has 1 amide bonds. The molecule has 0 radical (unpaired) electrons. The van der Waals surface area contributed by atoms with Gasteiger partial charge in [-0.15, -0.1) is 0 Å². The minimum Gasteiger partial charge on any atom is -0.394 e. The molecule has 246 valence electrons. The summed E-state index contributed by atoms with van der Waals surface area (Å²) in [5.41, 5.74) is 29.7. The molecule has 2 aliphatic heterocycles. The molecule has 0 aromatic rings. The molecule has 18 heteroatoms. The standard InChI is InChI=1S/C24H48N6O12/c1-8-13(28)16(34)18(36)24(39-8)42-21-19(41-23-14(29)17(35)15(33)12(7-26)40-23)9(27)6-10(20(21)38-5-4-31)30-22(37)11(32)2-3-25/h8-21,23-24,31-36H,2-7,25-29H2,1H3,(H,30,37)/t8-,9+,10-,11+,12-,13-,14-,15-,16+,17-,18-,19-,20+,21+,23-,24+/m1/s1. The van der Waals surface area contributed by atoms with Crippen LogP contribution in [0.15, 0.2) is 0 Å². The molecular formula is C24H48N6O12. The monoisotopic (exact) mass is 612 g/mol. The second-order valence-electron chi connectivity index (χ2n) is 11.0. The molecule has 0 bridgehead atoms. The van der Waals surface area contributed by atoms with E-state index in [4.69, 9.17) is 52.4 Å². The Bertz CT molecular complexity index is 850. The van der Waals surface area contributed by atoms with E-state index >= 15 is 0 Å². The number of carbonyl (C=O) groups excluding carboxylic acids is 1. The van der Waals surface area contributed by atoms with Gasteiger partial charge in [0, 0.05) is 12.6 Å². The van der Waals surface area contributed by atoms with Crippen LogP contribution in [0.5, 0.6) is 0 Å². The second kappa shape index (κ2) is 15.7. The van der Waals surface area contributed by atoms with Gasteiger partial charge < -0.3 is 88.3 Å². The van der Waals surface area contributed by atoms with Gasteiger partial charge in [0.25, 0.3) is 0 Å². The van der Waals surface area contributed by atoms with Gasteiger partial charge in [0.15, 0.2) is 12.6 Å². The van der Waals surface area contributed by atoms with Crippen LogP contribution in [-0.2, 0) is 28.5 Å². The number of hydrogen-bond donors (Lipinski definition) is 12. The first-order chi connectivity index (χ1) is 19.9. The number of aliphatic hydroxyl groups is 6. The lowest BCUT2D eigenvalue weighted by molar-refractivity contribution is -0.331. The van der Waals surface area contributed by atoms with Crippen LogP contribution >= 0.6 is 0 Å². The third-order valence-corrected chi connectivity index (χ3v) is 7.94. The zero-order chi connectivity index (χ0) is 31.3. The molecule has 0 spiro atoms. The van der Waals surface area contributed by atoms with Crippen molar-refractivity contribution < 1.29 is 59.1 Å². The van der Waals surface area contributed by atoms with E-state index in [1.165, 1.54) is 0 Å². The fraction of sp³-hybridized carbons (Fsp3) is 0.958. The van der Waals surface area contributed by atoms with Crippen molar-refractivity contribution in [1.82, 2.24) is 5.32 Å². The molecule has 3 rings (SSSR count). The number of carbonyl (C=O) groups is 1. The Balaban J connectivity index is 1.95. The number of amides is 1. The first-order valence-corrected chi connectivity index (χ1v) is 14.1. The molecular weight excluding hydrogens is 564 g/mol. The van der Waals surface area contributed by atoms with Crippen molar-refractivity contribution in [2.24, 2.45) is 28.7 Å². The molecule has 2 saturated heterocycles. The summed E-state index contributed by atoms with van der Waals surface area (Å²) in [5.74, 6) is -0.752. The molecule has 42 heavy (non-hydrogen) atoms. The Hall–Kier alpha value is -1.17. The van der Waals surface area contributed by atoms with Crippen LogP contribution in [0.1, 0.15) is 19.8 Å². The first kappa shape index (κ1) is 35.3. The lowest BCUT2D eigenvalue weighted by Crippen LogP contribution is -2.70. The third kappa shape index (κ3) is 7.91. The molecule has 0 unspecified atom stereocenters. The minimum atomic E-state index is -1.61. The Kier molecular flexibility index (Phi) is 13.2. The predicted octanol–water partition coefficient (Wildman–Crippen LogP) is -7.41. The summed E-state index contributed by atoms with van der Waals surface area (Å²) >= 11 is 0. The second-order valence-corrected chi connectivity index (χ2v) is 11.0. The topological polar surface area (TPSA) is 327 Å². The largest absolute Gasteiger partial charge is 0.394 e. The lowest BCUT2D eigenvalue weighted by Gasteiger charge is -2.50. The van der Waals surface area contributed by atoms with E-state index in [-0.39, 0.29) is 32.5 Å². The summed E-state index contributed by atoms with van der Waals surface area (Å²) in [6, 6.07) is -4.02. The smallest absolute Gasteiger partial charge is 0.249 e. The van der Waals surface area contributed by atoms with Crippen molar-refractivity contribution >= 4 is 5.91 Å². The Morgan fingerprint density at radius 1 is 0.929 bits per heavy atom. The molecule has 0 aromatic heterocycles. The van der Waals surface area contributed by atoms with E-state index in [1.54, 1.807) is 6.92 Å². The van der Waals surface area contributed by atoms with Gasteiger partial charge in [-0.1, -0.05) is 0 Å². The fourth-order valence-corrected chi connectivity index (χ4v) is 5.40. The average Bonchev–Trinajstić information content (AvgIpc) is 2.96. The van der Waals surface area contributed by atoms with Gasteiger partial charge in [-0.25, -0.2) is 0 Å². The van der Waals surface area contributed by atoms with Gasteiger partial charge in [0.2, 0.25) is 5.91 Å². The Morgan fingerprint density at radius 3 is 2.19 bits per heavy atom. The summed E-state index contributed by atoms with van der Waals surface area (Å²) in [5, 5.41) is 64.3. The van der Waals surface area contributed by atoms with Gasteiger partial charge in [0.05, 0.1) is 37.4 Å². The van der Waals surface area contributed by atoms with E-state index in [9.17, 15) is 35.4 Å². The van der Waals surface area contributed by atoms with Crippen LogP contribution in [0.3, 0.4) is 0 Å². The van der Waals surface area contributed by atoms with Crippen molar-refractivity contribution in [3.63, 3.8) is 0 Å². The maximum Gasteiger partial charge on any atom is 0.249 e. The zero-order valence-corrected chi connectivity index (χ0v) is 23.5. The van der Waals surface area contributed by atoms with Crippen LogP contribution in [-0.4, -0.2) is 161 Å². The minimum absolute atomic E-state index is 0.00708. The summed E-state index contributed by atoms with van der Waals surface area (Å²) in [4.78, 5) is 12.7. The molecule has 18 nitrogen and oxygen atoms in total. The van der Waals surface area contributed by atoms with Crippen molar-refractivity contribution in [3.05, 3.63) is 0 Å². The number of hydrogen-bond acceptors (Lipinski definition) is 17. The molecule has 2 heterocycles. The molecule has 3 aliphatic rings. The van der Waals surface area contributed by atoms with Crippen molar-refractivity contribution in [1.29, 1.82) is 0 Å². The molecule has 3 fully saturated rings. The first-order valence-electron chi connectivity index (χ1n) is 14.1. The van der Waals surface area contributed by atoms with E-state index in [2.05, 4.69) is 5.32 Å². The van der Waals surface area contributed by atoms with Gasteiger partial charge in [-0.2, -0.15) is 0 Å². The zero-order valence-electron chi connectivity index (χ0n) is 23.5. The fourth-order valence-electron chi connectivity index (χ4n) is 5.40. The predicted molar refractivity (Wildman–Crippen MR) is 143 cm³/mol. The van der Waals surface area contributed by atoms with Crippen molar-refractivity contribution in [2.45, 2.75) is 118 Å². The third-order valence-electron chi connectivity index (χ3n) is 7.94. The highest BCUT2D eigenvalue weighted by Gasteiger charge is 2.53. The number of nitrogens with two attached hydrogens (primary N) is 5. The lowest BCUT2D eigenvalue weighted by atomic mass is 9.83. The summed E-state index contributed by atoms with van der Waals surface area (Å²) < 4.78 is 29.7. The molecule has 17 N–H and O–H groups in total. The van der Waals surface area contributed by atoms with Gasteiger partial charge >= 0.3 is 0 Å². The van der Waals surface area contributed by atoms with Crippen LogP contribution in [0.2, 0.25) is 0 Å². The number of nitrogens with one attached hydrogen (secondary N) is 1. The number of aliphatic hydroxyl groups excluding tert-OH is 6. The van der Waals surface area contributed by atoms with Crippen LogP contribution in [0.25, 0.3) is 0 Å². The van der Waals surface area contributed by atoms with Crippen LogP contribution < -0.4 is 34.0 Å². The molecule has 16 atom stereocenters. The maximum absolute atomic E-state index is 12.7. The SMILES string of the molecule is C[C@H]1O[C@@H](O[C@@H]2[C@@H](OCCO)[C@H](NC(=O)[C@@H](O)CCN)C[C@H](N)[C@H]2O[C@H]2O[C@H](CN)[C@@H](O)[C@H](O)[C@H]2N)[C@H](O)[C@@H](O)[C@@H]1N. The average molecular weight is 613 g/mol. The van der Waals surface area contributed by atoms with E-state index in [1.807, 2.05) is 0 Å². The van der Waals surface area contributed by atoms with Gasteiger partial charge in [0.1, 0.15) is 54.9 Å². The molecule has 1 saturated carbocycles. The van der Waals surface area contributed by atoms with Gasteiger partial charge in [-0.3, -0.25) is 4.79 Å². The highest BCUT2D eigenvalue weighted by Crippen LogP contribution is 2.33. The highest BCUT2D eigenvalue weighted by atomic mass is 16.7. The van der Waals surface area contributed by atoms with Gasteiger partial charge in [-0.05, 0) is 26.3 Å². The molecule has 1 aliphatic carbocycles. The number of ether oxygens (including phenoxy) is 5. The summed E-state index contributed by atoms with van der Waals surface area (Å²) in [7, 11) is 0. The normalized spacial score (nSPS) is 45.4. The van der Waals surface area contributed by atoms with Crippen molar-refractivity contribution in [3.8, 4) is 0 Å². The van der Waals surface area contributed by atoms with E-state index in [0.717, 1.165) is 0 Å².